The van der Waals surface area contributed by atoms with Gasteiger partial charge in [-0.05, 0) is 25.8 Å². The zero-order valence-corrected chi connectivity index (χ0v) is 14.2. The summed E-state index contributed by atoms with van der Waals surface area (Å²) in [5, 5.41) is 7.31. The van der Waals surface area contributed by atoms with E-state index in [0.717, 1.165) is 27.9 Å². The maximum atomic E-state index is 12.5. The van der Waals surface area contributed by atoms with Gasteiger partial charge >= 0.3 is 0 Å². The number of aromatic amines is 1. The third kappa shape index (κ3) is 2.42. The fourth-order valence-corrected chi connectivity index (χ4v) is 2.85. The van der Waals surface area contributed by atoms with E-state index in [4.69, 9.17) is 0 Å². The van der Waals surface area contributed by atoms with Crippen molar-refractivity contribution in [2.45, 2.75) is 27.2 Å². The molecule has 8 heteroatoms. The van der Waals surface area contributed by atoms with Crippen LogP contribution in [0, 0.1) is 13.8 Å². The monoisotopic (exact) mass is 335 g/mol. The van der Waals surface area contributed by atoms with E-state index in [0.29, 0.717) is 18.0 Å². The van der Waals surface area contributed by atoms with Gasteiger partial charge in [-0.15, -0.1) is 0 Å². The predicted octanol–water partition coefficient (Wildman–Crippen LogP) is 1.84. The molecular formula is C17H17N7O. The van der Waals surface area contributed by atoms with Gasteiger partial charge in [0.25, 0.3) is 5.56 Å². The van der Waals surface area contributed by atoms with E-state index in [-0.39, 0.29) is 5.56 Å². The Labute approximate surface area is 143 Å². The summed E-state index contributed by atoms with van der Waals surface area (Å²) in [5.74, 6) is 0.492. The SMILES string of the molecule is CCc1c(C)nc2c(-c3cnn(-c4ncc(C)cn4)c3)c[nH]n2c1=O. The number of fused-ring (bicyclic) bond motifs is 1. The Balaban J connectivity index is 1.83. The molecule has 0 radical (unpaired) electrons. The molecule has 0 unspecified atom stereocenters. The Hall–Kier alpha value is -3.29. The number of hydrogen-bond acceptors (Lipinski definition) is 5. The Morgan fingerprint density at radius 1 is 1.16 bits per heavy atom. The lowest BCUT2D eigenvalue weighted by Gasteiger charge is -2.03. The van der Waals surface area contributed by atoms with Gasteiger partial charge in [0.05, 0.1) is 6.20 Å². The minimum absolute atomic E-state index is 0.0643. The fraction of sp³-hybridized carbons (Fsp3) is 0.235. The van der Waals surface area contributed by atoms with E-state index in [1.165, 1.54) is 4.52 Å². The molecule has 1 N–H and O–H groups in total. The molecule has 4 heterocycles. The number of nitrogens with zero attached hydrogens (tertiary/aromatic N) is 6. The van der Waals surface area contributed by atoms with Crippen molar-refractivity contribution in [2.75, 3.05) is 0 Å². The highest BCUT2D eigenvalue weighted by atomic mass is 16.1. The molecule has 4 aromatic rings. The Kier molecular flexibility index (Phi) is 3.45. The number of rotatable bonds is 3. The molecule has 25 heavy (non-hydrogen) atoms. The quantitative estimate of drug-likeness (QED) is 0.616. The van der Waals surface area contributed by atoms with Gasteiger partial charge in [-0.25, -0.2) is 24.1 Å². The summed E-state index contributed by atoms with van der Waals surface area (Å²) in [6.45, 7) is 5.74. The molecule has 0 bridgehead atoms. The fourth-order valence-electron chi connectivity index (χ4n) is 2.85. The Morgan fingerprint density at radius 2 is 1.92 bits per heavy atom. The van der Waals surface area contributed by atoms with Crippen LogP contribution >= 0.6 is 0 Å². The minimum atomic E-state index is -0.0643. The van der Waals surface area contributed by atoms with Crippen molar-refractivity contribution >= 4 is 5.65 Å². The second-order valence-electron chi connectivity index (χ2n) is 5.91. The number of aromatic nitrogens is 7. The first-order valence-corrected chi connectivity index (χ1v) is 8.02. The van der Waals surface area contributed by atoms with Crippen molar-refractivity contribution in [3.63, 3.8) is 0 Å². The summed E-state index contributed by atoms with van der Waals surface area (Å²) in [5.41, 5.74) is 4.62. The first-order chi connectivity index (χ1) is 12.1. The van der Waals surface area contributed by atoms with Crippen LogP contribution in [0.2, 0.25) is 0 Å². The van der Waals surface area contributed by atoms with Crippen LogP contribution in [0.5, 0.6) is 0 Å². The lowest BCUT2D eigenvalue weighted by molar-refractivity contribution is 0.805. The van der Waals surface area contributed by atoms with Gasteiger partial charge in [0.15, 0.2) is 5.65 Å². The van der Waals surface area contributed by atoms with Crippen LogP contribution in [0.25, 0.3) is 22.7 Å². The largest absolute Gasteiger partial charge is 0.296 e. The highest BCUT2D eigenvalue weighted by molar-refractivity contribution is 5.76. The molecule has 8 nitrogen and oxygen atoms in total. The summed E-state index contributed by atoms with van der Waals surface area (Å²) in [7, 11) is 0. The molecular weight excluding hydrogens is 318 g/mol. The molecule has 0 aliphatic carbocycles. The maximum absolute atomic E-state index is 12.5. The van der Waals surface area contributed by atoms with Gasteiger partial charge in [-0.3, -0.25) is 9.89 Å². The van der Waals surface area contributed by atoms with Crippen LogP contribution in [0.3, 0.4) is 0 Å². The average molecular weight is 335 g/mol. The second-order valence-corrected chi connectivity index (χ2v) is 5.91. The Bertz CT molecular complexity index is 1120. The molecule has 126 valence electrons. The second kappa shape index (κ2) is 5.66. The van der Waals surface area contributed by atoms with Crippen molar-refractivity contribution in [3.8, 4) is 17.1 Å². The van der Waals surface area contributed by atoms with Crippen molar-refractivity contribution < 1.29 is 0 Å². The number of hydrogen-bond donors (Lipinski definition) is 1. The van der Waals surface area contributed by atoms with Crippen LogP contribution in [0.4, 0.5) is 0 Å². The third-order valence-electron chi connectivity index (χ3n) is 4.18. The molecule has 0 aromatic carbocycles. The number of H-pyrrole nitrogens is 1. The standard InChI is InChI=1S/C17H17N7O/c1-4-13-11(3)22-15-14(8-21-24(15)16(13)25)12-7-20-23(9-12)17-18-5-10(2)6-19-17/h5-9,21H,4H2,1-3H3. The lowest BCUT2D eigenvalue weighted by Crippen LogP contribution is -2.21. The maximum Gasteiger partial charge on any atom is 0.276 e. The molecule has 0 amide bonds. The topological polar surface area (TPSA) is 93.8 Å². The summed E-state index contributed by atoms with van der Waals surface area (Å²) in [6, 6.07) is 0. The molecule has 4 aromatic heterocycles. The van der Waals surface area contributed by atoms with E-state index in [1.54, 1.807) is 29.5 Å². The van der Waals surface area contributed by atoms with Crippen molar-refractivity contribution in [2.24, 2.45) is 0 Å². The highest BCUT2D eigenvalue weighted by Crippen LogP contribution is 2.23. The van der Waals surface area contributed by atoms with Gasteiger partial charge in [0.1, 0.15) is 0 Å². The minimum Gasteiger partial charge on any atom is -0.296 e. The predicted molar refractivity (Wildman–Crippen MR) is 92.8 cm³/mol. The van der Waals surface area contributed by atoms with Crippen LogP contribution in [0.1, 0.15) is 23.7 Å². The van der Waals surface area contributed by atoms with Crippen molar-refractivity contribution in [1.82, 2.24) is 34.3 Å². The third-order valence-corrected chi connectivity index (χ3v) is 4.18. The van der Waals surface area contributed by atoms with Crippen LogP contribution in [0.15, 0.2) is 35.8 Å². The normalized spacial score (nSPS) is 11.3. The molecule has 4 rings (SSSR count). The summed E-state index contributed by atoms with van der Waals surface area (Å²) < 4.78 is 3.07. The molecule has 0 fully saturated rings. The molecule has 0 saturated carbocycles. The molecule has 0 atom stereocenters. The van der Waals surface area contributed by atoms with Gasteiger partial charge in [0.2, 0.25) is 5.95 Å². The van der Waals surface area contributed by atoms with Gasteiger partial charge in [-0.1, -0.05) is 6.92 Å². The van der Waals surface area contributed by atoms with E-state index < -0.39 is 0 Å². The van der Waals surface area contributed by atoms with E-state index in [1.807, 2.05) is 27.0 Å². The van der Waals surface area contributed by atoms with Gasteiger partial charge in [0, 0.05) is 47.2 Å². The molecule has 0 spiro atoms. The van der Waals surface area contributed by atoms with E-state index >= 15 is 0 Å². The van der Waals surface area contributed by atoms with E-state index in [9.17, 15) is 4.79 Å². The number of aryl methyl sites for hydroxylation is 2. The van der Waals surface area contributed by atoms with Crippen LogP contribution < -0.4 is 5.56 Å². The highest BCUT2D eigenvalue weighted by Gasteiger charge is 2.15. The lowest BCUT2D eigenvalue weighted by atomic mass is 10.1. The zero-order valence-electron chi connectivity index (χ0n) is 14.2. The van der Waals surface area contributed by atoms with Gasteiger partial charge < -0.3 is 0 Å². The summed E-state index contributed by atoms with van der Waals surface area (Å²) in [6.07, 6.45) is 9.43. The number of nitrogens with one attached hydrogen (secondary N) is 1. The zero-order chi connectivity index (χ0) is 17.6. The summed E-state index contributed by atoms with van der Waals surface area (Å²) >= 11 is 0. The van der Waals surface area contributed by atoms with Crippen LogP contribution in [-0.4, -0.2) is 34.3 Å². The molecule has 0 saturated heterocycles. The summed E-state index contributed by atoms with van der Waals surface area (Å²) in [4.78, 5) is 25.7. The molecule has 0 aliphatic heterocycles. The van der Waals surface area contributed by atoms with E-state index in [2.05, 4.69) is 25.1 Å². The van der Waals surface area contributed by atoms with Crippen LogP contribution in [-0.2, 0) is 6.42 Å². The smallest absolute Gasteiger partial charge is 0.276 e. The van der Waals surface area contributed by atoms with Crippen molar-refractivity contribution in [3.05, 3.63) is 58.2 Å². The van der Waals surface area contributed by atoms with Gasteiger partial charge in [-0.2, -0.15) is 5.10 Å². The Morgan fingerprint density at radius 3 is 2.64 bits per heavy atom. The average Bonchev–Trinajstić information content (AvgIpc) is 3.22. The first-order valence-electron chi connectivity index (χ1n) is 8.02. The first kappa shape index (κ1) is 15.3. The van der Waals surface area contributed by atoms with Crippen molar-refractivity contribution in [1.29, 1.82) is 0 Å². The molecule has 0 aliphatic rings.